The summed E-state index contributed by atoms with van der Waals surface area (Å²) in [7, 11) is 3.34. The van der Waals surface area contributed by atoms with Gasteiger partial charge in [0.1, 0.15) is 0 Å². The van der Waals surface area contributed by atoms with Crippen LogP contribution in [0.2, 0.25) is 0 Å². The summed E-state index contributed by atoms with van der Waals surface area (Å²) in [5.74, 6) is 1.58. The van der Waals surface area contributed by atoms with Gasteiger partial charge >= 0.3 is 0 Å². The standard InChI is InChI=1S/C16H26N2O2/c1-19-15-8-7-13(10-16(15)20-2)12-18-9-5-3-4-6-14(18)11-17/h7-8,10,14H,3-6,9,11-12,17H2,1-2H3. The van der Waals surface area contributed by atoms with Gasteiger partial charge in [-0.05, 0) is 37.1 Å². The van der Waals surface area contributed by atoms with Crippen LogP contribution < -0.4 is 15.2 Å². The summed E-state index contributed by atoms with van der Waals surface area (Å²) in [5, 5.41) is 0. The molecule has 0 bridgehead atoms. The van der Waals surface area contributed by atoms with Gasteiger partial charge in [0.05, 0.1) is 14.2 Å². The molecule has 0 amide bonds. The van der Waals surface area contributed by atoms with Gasteiger partial charge in [-0.2, -0.15) is 0 Å². The van der Waals surface area contributed by atoms with Crippen molar-refractivity contribution in [3.63, 3.8) is 0 Å². The van der Waals surface area contributed by atoms with Crippen molar-refractivity contribution in [3.05, 3.63) is 23.8 Å². The molecule has 2 rings (SSSR count). The highest BCUT2D eigenvalue weighted by Crippen LogP contribution is 2.29. The van der Waals surface area contributed by atoms with Crippen LogP contribution in [0.1, 0.15) is 31.2 Å². The lowest BCUT2D eigenvalue weighted by molar-refractivity contribution is 0.195. The summed E-state index contributed by atoms with van der Waals surface area (Å²) in [4.78, 5) is 2.51. The maximum absolute atomic E-state index is 5.93. The van der Waals surface area contributed by atoms with E-state index in [0.29, 0.717) is 6.04 Å². The molecule has 0 radical (unpaired) electrons. The smallest absolute Gasteiger partial charge is 0.161 e. The number of nitrogens with two attached hydrogens (primary N) is 1. The molecular formula is C16H26N2O2. The summed E-state index contributed by atoms with van der Waals surface area (Å²) in [6.07, 6.45) is 5.09. The predicted molar refractivity (Wildman–Crippen MR) is 81.3 cm³/mol. The molecule has 1 fully saturated rings. The first-order valence-corrected chi connectivity index (χ1v) is 7.43. The van der Waals surface area contributed by atoms with E-state index >= 15 is 0 Å². The quantitative estimate of drug-likeness (QED) is 0.898. The Kier molecular flexibility index (Phi) is 5.68. The first-order valence-electron chi connectivity index (χ1n) is 7.43. The molecule has 0 aromatic heterocycles. The van der Waals surface area contributed by atoms with Crippen LogP contribution in [0, 0.1) is 0 Å². The fraction of sp³-hybridized carbons (Fsp3) is 0.625. The Hall–Kier alpha value is -1.26. The zero-order valence-electron chi connectivity index (χ0n) is 12.6. The van der Waals surface area contributed by atoms with Crippen LogP contribution in [0.4, 0.5) is 0 Å². The number of benzene rings is 1. The highest BCUT2D eigenvalue weighted by Gasteiger charge is 2.20. The molecule has 112 valence electrons. The molecule has 1 aliphatic heterocycles. The van der Waals surface area contributed by atoms with E-state index in [2.05, 4.69) is 17.0 Å². The van der Waals surface area contributed by atoms with Crippen molar-refractivity contribution >= 4 is 0 Å². The van der Waals surface area contributed by atoms with Crippen LogP contribution in [0.5, 0.6) is 11.5 Å². The molecule has 20 heavy (non-hydrogen) atoms. The van der Waals surface area contributed by atoms with Crippen molar-refractivity contribution in [2.75, 3.05) is 27.3 Å². The van der Waals surface area contributed by atoms with Gasteiger partial charge in [0.25, 0.3) is 0 Å². The molecule has 1 unspecified atom stereocenters. The lowest BCUT2D eigenvalue weighted by Crippen LogP contribution is -2.39. The molecule has 1 heterocycles. The highest BCUT2D eigenvalue weighted by molar-refractivity contribution is 5.42. The molecule has 1 aromatic carbocycles. The minimum Gasteiger partial charge on any atom is -0.493 e. The molecule has 4 heteroatoms. The van der Waals surface area contributed by atoms with Crippen molar-refractivity contribution in [2.24, 2.45) is 5.73 Å². The lowest BCUT2D eigenvalue weighted by atomic mass is 10.1. The fourth-order valence-electron chi connectivity index (χ4n) is 2.93. The van der Waals surface area contributed by atoms with Crippen molar-refractivity contribution in [2.45, 2.75) is 38.3 Å². The van der Waals surface area contributed by atoms with Crippen molar-refractivity contribution in [1.29, 1.82) is 0 Å². The summed E-state index contributed by atoms with van der Waals surface area (Å²) in [6, 6.07) is 6.66. The first-order chi connectivity index (χ1) is 9.78. The van der Waals surface area contributed by atoms with Crippen LogP contribution >= 0.6 is 0 Å². The Labute approximate surface area is 121 Å². The van der Waals surface area contributed by atoms with Crippen LogP contribution in [0.25, 0.3) is 0 Å². The number of hydrogen-bond acceptors (Lipinski definition) is 4. The van der Waals surface area contributed by atoms with Gasteiger partial charge in [0.15, 0.2) is 11.5 Å². The number of methoxy groups -OCH3 is 2. The average molecular weight is 278 g/mol. The molecular weight excluding hydrogens is 252 g/mol. The number of hydrogen-bond donors (Lipinski definition) is 1. The Morgan fingerprint density at radius 2 is 1.95 bits per heavy atom. The van der Waals surface area contributed by atoms with Crippen LogP contribution in [0.3, 0.4) is 0 Å². The first kappa shape index (κ1) is 15.1. The predicted octanol–water partition coefficient (Wildman–Crippen LogP) is 2.41. The van der Waals surface area contributed by atoms with Crippen LogP contribution in [-0.4, -0.2) is 38.3 Å². The molecule has 1 atom stereocenters. The largest absolute Gasteiger partial charge is 0.493 e. The van der Waals surface area contributed by atoms with Crippen molar-refractivity contribution in [3.8, 4) is 11.5 Å². The summed E-state index contributed by atoms with van der Waals surface area (Å²) < 4.78 is 10.7. The molecule has 4 nitrogen and oxygen atoms in total. The molecule has 0 spiro atoms. The minimum absolute atomic E-state index is 0.505. The number of likely N-dealkylation sites (tertiary alicyclic amines) is 1. The molecule has 1 saturated heterocycles. The average Bonchev–Trinajstić information content (AvgIpc) is 2.72. The van der Waals surface area contributed by atoms with Crippen LogP contribution in [-0.2, 0) is 6.54 Å². The van der Waals surface area contributed by atoms with E-state index in [0.717, 1.165) is 31.1 Å². The van der Waals surface area contributed by atoms with Gasteiger partial charge < -0.3 is 15.2 Å². The van der Waals surface area contributed by atoms with Gasteiger partial charge in [-0.25, -0.2) is 0 Å². The highest BCUT2D eigenvalue weighted by atomic mass is 16.5. The van der Waals surface area contributed by atoms with Gasteiger partial charge in [-0.3, -0.25) is 4.90 Å². The maximum Gasteiger partial charge on any atom is 0.161 e. The monoisotopic (exact) mass is 278 g/mol. The minimum atomic E-state index is 0.505. The van der Waals surface area contributed by atoms with E-state index in [9.17, 15) is 0 Å². The molecule has 0 saturated carbocycles. The second-order valence-corrected chi connectivity index (χ2v) is 5.40. The Balaban J connectivity index is 2.11. The van der Waals surface area contributed by atoms with E-state index in [1.165, 1.54) is 31.2 Å². The Morgan fingerprint density at radius 3 is 2.65 bits per heavy atom. The fourth-order valence-corrected chi connectivity index (χ4v) is 2.93. The SMILES string of the molecule is COc1ccc(CN2CCCCCC2CN)cc1OC. The van der Waals surface area contributed by atoms with Gasteiger partial charge in [0.2, 0.25) is 0 Å². The van der Waals surface area contributed by atoms with E-state index in [1.54, 1.807) is 14.2 Å². The van der Waals surface area contributed by atoms with Gasteiger partial charge in [-0.1, -0.05) is 18.9 Å². The molecule has 1 aliphatic rings. The van der Waals surface area contributed by atoms with Gasteiger partial charge in [0, 0.05) is 19.1 Å². The third-order valence-electron chi connectivity index (χ3n) is 4.10. The van der Waals surface area contributed by atoms with Gasteiger partial charge in [-0.15, -0.1) is 0 Å². The second kappa shape index (κ2) is 7.50. The molecule has 1 aromatic rings. The zero-order valence-corrected chi connectivity index (χ0v) is 12.6. The summed E-state index contributed by atoms with van der Waals surface area (Å²) in [6.45, 7) is 2.81. The van der Waals surface area contributed by atoms with E-state index < -0.39 is 0 Å². The normalized spacial score (nSPS) is 20.4. The second-order valence-electron chi connectivity index (χ2n) is 5.40. The lowest BCUT2D eigenvalue weighted by Gasteiger charge is -2.29. The van der Waals surface area contributed by atoms with Crippen molar-refractivity contribution < 1.29 is 9.47 Å². The zero-order chi connectivity index (χ0) is 14.4. The molecule has 2 N–H and O–H groups in total. The number of rotatable bonds is 5. The third-order valence-corrected chi connectivity index (χ3v) is 4.10. The third kappa shape index (κ3) is 3.64. The summed E-state index contributed by atoms with van der Waals surface area (Å²) >= 11 is 0. The number of ether oxygens (including phenoxy) is 2. The van der Waals surface area contributed by atoms with Crippen LogP contribution in [0.15, 0.2) is 18.2 Å². The molecule has 0 aliphatic carbocycles. The van der Waals surface area contributed by atoms with E-state index in [-0.39, 0.29) is 0 Å². The Bertz CT molecular complexity index is 423. The van der Waals surface area contributed by atoms with Crippen molar-refractivity contribution in [1.82, 2.24) is 4.90 Å². The Morgan fingerprint density at radius 1 is 1.15 bits per heavy atom. The maximum atomic E-state index is 5.93. The van der Waals surface area contributed by atoms with E-state index in [1.807, 2.05) is 6.07 Å². The topological polar surface area (TPSA) is 47.7 Å². The summed E-state index contributed by atoms with van der Waals surface area (Å²) in [5.41, 5.74) is 7.18. The number of nitrogens with zero attached hydrogens (tertiary/aromatic N) is 1. The van der Waals surface area contributed by atoms with E-state index in [4.69, 9.17) is 15.2 Å².